The van der Waals surface area contributed by atoms with Crippen molar-refractivity contribution in [3.63, 3.8) is 0 Å². The first-order chi connectivity index (χ1) is 4.29. The highest BCUT2D eigenvalue weighted by Gasteiger charge is 1.94. The SMILES string of the molecule is O=C(Cl)Cn1ccnc1. The summed E-state index contributed by atoms with van der Waals surface area (Å²) in [7, 11) is 0. The molecule has 0 saturated heterocycles. The average molecular weight is 145 g/mol. The maximum atomic E-state index is 10.2. The van der Waals surface area contributed by atoms with Gasteiger partial charge in [-0.25, -0.2) is 4.98 Å². The van der Waals surface area contributed by atoms with E-state index in [0.29, 0.717) is 0 Å². The minimum atomic E-state index is -0.381. The summed E-state index contributed by atoms with van der Waals surface area (Å²) in [6.45, 7) is 0.196. The lowest BCUT2D eigenvalue weighted by molar-refractivity contribution is -0.112. The molecule has 0 saturated carbocycles. The van der Waals surface area contributed by atoms with Crippen LogP contribution in [0.5, 0.6) is 0 Å². The third kappa shape index (κ3) is 1.85. The molecule has 0 fully saturated rings. The van der Waals surface area contributed by atoms with E-state index >= 15 is 0 Å². The van der Waals surface area contributed by atoms with Crippen molar-refractivity contribution in [3.8, 4) is 0 Å². The second-order valence-electron chi connectivity index (χ2n) is 1.59. The summed E-state index contributed by atoms with van der Waals surface area (Å²) < 4.78 is 1.61. The Kier molecular flexibility index (Phi) is 1.85. The molecule has 3 nitrogen and oxygen atoms in total. The summed E-state index contributed by atoms with van der Waals surface area (Å²) in [5.74, 6) is 0. The van der Waals surface area contributed by atoms with Crippen molar-refractivity contribution >= 4 is 16.8 Å². The fraction of sp³-hybridized carbons (Fsp3) is 0.200. The minimum absolute atomic E-state index is 0.196. The van der Waals surface area contributed by atoms with Gasteiger partial charge in [0.1, 0.15) is 0 Å². The van der Waals surface area contributed by atoms with Gasteiger partial charge in [0.15, 0.2) is 0 Å². The van der Waals surface area contributed by atoms with Gasteiger partial charge < -0.3 is 4.57 Å². The largest absolute Gasteiger partial charge is 0.329 e. The first-order valence-electron chi connectivity index (χ1n) is 2.43. The van der Waals surface area contributed by atoms with Crippen molar-refractivity contribution in [2.75, 3.05) is 0 Å². The van der Waals surface area contributed by atoms with E-state index in [2.05, 4.69) is 4.98 Å². The molecule has 0 radical (unpaired) electrons. The highest BCUT2D eigenvalue weighted by atomic mass is 35.5. The number of rotatable bonds is 2. The molecule has 0 bridgehead atoms. The Morgan fingerprint density at radius 3 is 3.00 bits per heavy atom. The Balaban J connectivity index is 2.58. The topological polar surface area (TPSA) is 34.9 Å². The first kappa shape index (κ1) is 6.29. The molecule has 0 spiro atoms. The van der Waals surface area contributed by atoms with Gasteiger partial charge in [0.2, 0.25) is 5.24 Å². The third-order valence-corrected chi connectivity index (χ3v) is 0.986. The molecular weight excluding hydrogens is 140 g/mol. The van der Waals surface area contributed by atoms with E-state index in [-0.39, 0.29) is 11.8 Å². The van der Waals surface area contributed by atoms with E-state index in [1.807, 2.05) is 0 Å². The van der Waals surface area contributed by atoms with Crippen LogP contribution >= 0.6 is 11.6 Å². The number of nitrogens with zero attached hydrogens (tertiary/aromatic N) is 2. The van der Waals surface area contributed by atoms with Crippen LogP contribution in [0.3, 0.4) is 0 Å². The summed E-state index contributed by atoms with van der Waals surface area (Å²) >= 11 is 5.08. The second-order valence-corrected chi connectivity index (χ2v) is 2.01. The van der Waals surface area contributed by atoms with Gasteiger partial charge in [-0.15, -0.1) is 0 Å². The Morgan fingerprint density at radius 1 is 1.78 bits per heavy atom. The summed E-state index contributed by atoms with van der Waals surface area (Å²) in [6, 6.07) is 0. The van der Waals surface area contributed by atoms with Crippen molar-refractivity contribution in [1.82, 2.24) is 9.55 Å². The van der Waals surface area contributed by atoms with Gasteiger partial charge in [0.05, 0.1) is 12.9 Å². The lowest BCUT2D eigenvalue weighted by Gasteiger charge is -1.91. The van der Waals surface area contributed by atoms with Crippen LogP contribution in [0.1, 0.15) is 0 Å². The minimum Gasteiger partial charge on any atom is -0.329 e. The lowest BCUT2D eigenvalue weighted by atomic mass is 10.7. The maximum Gasteiger partial charge on any atom is 0.241 e. The summed E-state index contributed by atoms with van der Waals surface area (Å²) in [4.78, 5) is 14.0. The van der Waals surface area contributed by atoms with Crippen molar-refractivity contribution in [2.24, 2.45) is 0 Å². The van der Waals surface area contributed by atoms with Gasteiger partial charge in [-0.1, -0.05) is 0 Å². The molecule has 0 aliphatic carbocycles. The Morgan fingerprint density at radius 2 is 2.56 bits per heavy atom. The molecule has 0 aromatic carbocycles. The number of aromatic nitrogens is 2. The fourth-order valence-corrected chi connectivity index (χ4v) is 0.662. The van der Waals surface area contributed by atoms with E-state index < -0.39 is 0 Å². The Bertz CT molecular complexity index is 195. The van der Waals surface area contributed by atoms with E-state index in [1.54, 1.807) is 23.3 Å². The first-order valence-corrected chi connectivity index (χ1v) is 2.81. The zero-order chi connectivity index (χ0) is 6.69. The zero-order valence-electron chi connectivity index (χ0n) is 4.62. The third-order valence-electron chi connectivity index (χ3n) is 0.866. The molecule has 0 unspecified atom stereocenters. The second kappa shape index (κ2) is 2.64. The lowest BCUT2D eigenvalue weighted by Crippen LogP contribution is -2.00. The summed E-state index contributed by atoms with van der Waals surface area (Å²) in [5.41, 5.74) is 0. The maximum absolute atomic E-state index is 10.2. The van der Waals surface area contributed by atoms with Crippen LogP contribution in [0.4, 0.5) is 0 Å². The normalized spacial score (nSPS) is 9.44. The Hall–Kier alpha value is -0.830. The van der Waals surface area contributed by atoms with Gasteiger partial charge in [-0.05, 0) is 11.6 Å². The molecule has 0 N–H and O–H groups in total. The highest BCUT2D eigenvalue weighted by Crippen LogP contribution is 1.88. The van der Waals surface area contributed by atoms with Crippen LogP contribution in [-0.4, -0.2) is 14.8 Å². The van der Waals surface area contributed by atoms with E-state index in [1.165, 1.54) is 0 Å². The van der Waals surface area contributed by atoms with Crippen LogP contribution in [0.2, 0.25) is 0 Å². The number of carbonyl (C=O) groups excluding carboxylic acids is 1. The standard InChI is InChI=1S/C5H5ClN2O/c6-5(9)3-8-2-1-7-4-8/h1-2,4H,3H2. The average Bonchev–Trinajstić information content (AvgIpc) is 2.15. The molecule has 0 atom stereocenters. The predicted molar refractivity (Wildman–Crippen MR) is 33.1 cm³/mol. The molecule has 4 heteroatoms. The predicted octanol–water partition coefficient (Wildman–Crippen LogP) is 0.648. The van der Waals surface area contributed by atoms with Gasteiger partial charge in [0.25, 0.3) is 0 Å². The van der Waals surface area contributed by atoms with Gasteiger partial charge >= 0.3 is 0 Å². The van der Waals surface area contributed by atoms with Crippen LogP contribution in [0, 0.1) is 0 Å². The molecule has 9 heavy (non-hydrogen) atoms. The molecular formula is C5H5ClN2O. The Labute approximate surface area is 57.3 Å². The van der Waals surface area contributed by atoms with Gasteiger partial charge in [0, 0.05) is 12.4 Å². The van der Waals surface area contributed by atoms with E-state index in [4.69, 9.17) is 11.6 Å². The van der Waals surface area contributed by atoms with Crippen molar-refractivity contribution in [1.29, 1.82) is 0 Å². The molecule has 1 aromatic heterocycles. The van der Waals surface area contributed by atoms with E-state index in [0.717, 1.165) is 0 Å². The summed E-state index contributed by atoms with van der Waals surface area (Å²) in [5, 5.41) is -0.381. The van der Waals surface area contributed by atoms with Crippen molar-refractivity contribution in [3.05, 3.63) is 18.7 Å². The summed E-state index contributed by atoms with van der Waals surface area (Å²) in [6.07, 6.45) is 4.82. The highest BCUT2D eigenvalue weighted by molar-refractivity contribution is 6.63. The smallest absolute Gasteiger partial charge is 0.241 e. The van der Waals surface area contributed by atoms with Crippen molar-refractivity contribution < 1.29 is 4.79 Å². The van der Waals surface area contributed by atoms with Gasteiger partial charge in [-0.3, -0.25) is 4.79 Å². The number of imidazole rings is 1. The number of halogens is 1. The monoisotopic (exact) mass is 144 g/mol. The van der Waals surface area contributed by atoms with Crippen LogP contribution in [0.25, 0.3) is 0 Å². The van der Waals surface area contributed by atoms with Crippen molar-refractivity contribution in [2.45, 2.75) is 6.54 Å². The molecule has 1 rings (SSSR count). The van der Waals surface area contributed by atoms with Crippen LogP contribution in [-0.2, 0) is 11.3 Å². The van der Waals surface area contributed by atoms with Crippen LogP contribution < -0.4 is 0 Å². The molecule has 0 amide bonds. The fourth-order valence-electron chi connectivity index (χ4n) is 0.524. The molecule has 1 heterocycles. The van der Waals surface area contributed by atoms with Gasteiger partial charge in [-0.2, -0.15) is 0 Å². The van der Waals surface area contributed by atoms with Crippen LogP contribution in [0.15, 0.2) is 18.7 Å². The molecule has 0 aliphatic heterocycles. The number of hydrogen-bond acceptors (Lipinski definition) is 2. The quantitative estimate of drug-likeness (QED) is 0.572. The molecule has 1 aromatic rings. The number of carbonyl (C=O) groups is 1. The molecule has 0 aliphatic rings. The van der Waals surface area contributed by atoms with E-state index in [9.17, 15) is 4.79 Å². The zero-order valence-corrected chi connectivity index (χ0v) is 5.38. The molecule has 48 valence electrons. The number of hydrogen-bond donors (Lipinski definition) is 0.